The van der Waals surface area contributed by atoms with Crippen molar-refractivity contribution in [3.8, 4) is 11.5 Å². The van der Waals surface area contributed by atoms with Crippen LogP contribution >= 0.6 is 0 Å². The van der Waals surface area contributed by atoms with E-state index in [0.717, 1.165) is 38.8 Å². The molecule has 2 N–H and O–H groups in total. The Morgan fingerprint density at radius 1 is 1.20 bits per heavy atom. The number of ether oxygens (including phenoxy) is 1. The molecule has 0 aromatic heterocycles. The van der Waals surface area contributed by atoms with E-state index in [1.807, 2.05) is 11.9 Å². The van der Waals surface area contributed by atoms with Crippen LogP contribution in [-0.2, 0) is 0 Å². The molecule has 1 atom stereocenters. The third kappa shape index (κ3) is 6.82. The zero-order chi connectivity index (χ0) is 18.1. The van der Waals surface area contributed by atoms with Crippen molar-refractivity contribution in [1.82, 2.24) is 9.80 Å². The van der Waals surface area contributed by atoms with Crippen LogP contribution in [0.3, 0.4) is 0 Å². The van der Waals surface area contributed by atoms with Gasteiger partial charge in [0.1, 0.15) is 18.1 Å². The first-order valence-corrected chi connectivity index (χ1v) is 9.16. The van der Waals surface area contributed by atoms with E-state index in [2.05, 4.69) is 0 Å². The molecule has 1 aliphatic heterocycles. The van der Waals surface area contributed by atoms with Crippen LogP contribution in [0.4, 0.5) is 4.79 Å². The second-order valence-corrected chi connectivity index (χ2v) is 6.71. The highest BCUT2D eigenvalue weighted by atomic mass is 16.5. The number of urea groups is 1. The zero-order valence-electron chi connectivity index (χ0n) is 15.1. The SMILES string of the molecule is CN(CCCC[C@H](O)COc1ccc(O)cc1)C(=O)N1CCCCC1. The zero-order valence-corrected chi connectivity index (χ0v) is 15.1. The third-order valence-corrected chi connectivity index (χ3v) is 4.51. The van der Waals surface area contributed by atoms with Gasteiger partial charge < -0.3 is 24.7 Å². The van der Waals surface area contributed by atoms with Crippen molar-refractivity contribution in [2.24, 2.45) is 0 Å². The van der Waals surface area contributed by atoms with Crippen LogP contribution in [0.25, 0.3) is 0 Å². The fraction of sp³-hybridized carbons (Fsp3) is 0.632. The molecule has 2 rings (SSSR count). The number of carbonyl (C=O) groups is 1. The molecule has 6 heteroatoms. The number of aromatic hydroxyl groups is 1. The third-order valence-electron chi connectivity index (χ3n) is 4.51. The maximum atomic E-state index is 12.3. The Morgan fingerprint density at radius 2 is 1.88 bits per heavy atom. The summed E-state index contributed by atoms with van der Waals surface area (Å²) in [4.78, 5) is 16.0. The number of aliphatic hydroxyl groups excluding tert-OH is 1. The van der Waals surface area contributed by atoms with Crippen molar-refractivity contribution in [1.29, 1.82) is 0 Å². The molecular weight excluding hydrogens is 320 g/mol. The van der Waals surface area contributed by atoms with Gasteiger partial charge in [-0.2, -0.15) is 0 Å². The normalized spacial score (nSPS) is 15.7. The van der Waals surface area contributed by atoms with Gasteiger partial charge in [-0.3, -0.25) is 0 Å². The molecule has 6 nitrogen and oxygen atoms in total. The minimum absolute atomic E-state index is 0.121. The van der Waals surface area contributed by atoms with Crippen LogP contribution in [0, 0.1) is 0 Å². The Kier molecular flexibility index (Phi) is 7.85. The van der Waals surface area contributed by atoms with Crippen LogP contribution < -0.4 is 4.74 Å². The Bertz CT molecular complexity index is 515. The summed E-state index contributed by atoms with van der Waals surface area (Å²) in [7, 11) is 1.85. The number of nitrogens with zero attached hydrogens (tertiary/aromatic N) is 2. The van der Waals surface area contributed by atoms with Gasteiger partial charge in [0.05, 0.1) is 6.10 Å². The van der Waals surface area contributed by atoms with E-state index in [-0.39, 0.29) is 18.4 Å². The number of hydrogen-bond acceptors (Lipinski definition) is 4. The topological polar surface area (TPSA) is 73.2 Å². The molecule has 0 saturated carbocycles. The Hall–Kier alpha value is -1.95. The monoisotopic (exact) mass is 350 g/mol. The highest BCUT2D eigenvalue weighted by Crippen LogP contribution is 2.16. The average Bonchev–Trinajstić information content (AvgIpc) is 2.64. The lowest BCUT2D eigenvalue weighted by atomic mass is 10.1. The number of piperidine rings is 1. The van der Waals surface area contributed by atoms with Gasteiger partial charge in [0.15, 0.2) is 0 Å². The second kappa shape index (κ2) is 10.1. The van der Waals surface area contributed by atoms with Crippen molar-refractivity contribution in [2.75, 3.05) is 33.3 Å². The lowest BCUT2D eigenvalue weighted by Crippen LogP contribution is -2.44. The first-order chi connectivity index (χ1) is 12.1. The van der Waals surface area contributed by atoms with E-state index in [1.54, 1.807) is 29.2 Å². The molecule has 1 heterocycles. The summed E-state index contributed by atoms with van der Waals surface area (Å²) in [5, 5.41) is 19.2. The minimum atomic E-state index is -0.531. The number of amides is 2. The number of carbonyl (C=O) groups excluding carboxylic acids is 1. The number of rotatable bonds is 8. The molecule has 140 valence electrons. The number of hydrogen-bond donors (Lipinski definition) is 2. The number of likely N-dealkylation sites (tertiary alicyclic amines) is 1. The molecule has 2 amide bonds. The van der Waals surface area contributed by atoms with E-state index in [0.29, 0.717) is 18.7 Å². The predicted octanol–water partition coefficient (Wildman–Crippen LogP) is 2.84. The van der Waals surface area contributed by atoms with Gasteiger partial charge in [-0.25, -0.2) is 4.79 Å². The molecule has 0 spiro atoms. The first-order valence-electron chi connectivity index (χ1n) is 9.16. The van der Waals surface area contributed by atoms with E-state index >= 15 is 0 Å². The van der Waals surface area contributed by atoms with Gasteiger partial charge in [0.25, 0.3) is 0 Å². The molecule has 1 fully saturated rings. The van der Waals surface area contributed by atoms with E-state index < -0.39 is 6.10 Å². The first kappa shape index (κ1) is 19.4. The predicted molar refractivity (Wildman–Crippen MR) is 96.9 cm³/mol. The Balaban J connectivity index is 1.56. The van der Waals surface area contributed by atoms with Crippen LogP contribution in [-0.4, -0.2) is 65.4 Å². The maximum absolute atomic E-state index is 12.3. The molecule has 0 aliphatic carbocycles. The van der Waals surface area contributed by atoms with Gasteiger partial charge in [-0.05, 0) is 62.8 Å². The standard InChI is InChI=1S/C19H30N2O4/c1-20(19(24)21-13-4-2-5-14-21)12-6-3-7-17(23)15-25-18-10-8-16(22)9-11-18/h8-11,17,22-23H,2-7,12-15H2,1H3/t17-/m0/s1. The summed E-state index contributed by atoms with van der Waals surface area (Å²) in [5.74, 6) is 0.819. The Morgan fingerprint density at radius 3 is 2.56 bits per heavy atom. The van der Waals surface area contributed by atoms with E-state index in [1.165, 1.54) is 6.42 Å². The molecule has 0 bridgehead atoms. The summed E-state index contributed by atoms with van der Waals surface area (Å²) in [5.41, 5.74) is 0. The highest BCUT2D eigenvalue weighted by Gasteiger charge is 2.19. The molecule has 1 aromatic carbocycles. The molecule has 0 radical (unpaired) electrons. The van der Waals surface area contributed by atoms with Crippen molar-refractivity contribution in [3.63, 3.8) is 0 Å². The van der Waals surface area contributed by atoms with Gasteiger partial charge in [-0.1, -0.05) is 0 Å². The van der Waals surface area contributed by atoms with Crippen LogP contribution in [0.15, 0.2) is 24.3 Å². The van der Waals surface area contributed by atoms with Crippen LogP contribution in [0.2, 0.25) is 0 Å². The quantitative estimate of drug-likeness (QED) is 0.707. The lowest BCUT2D eigenvalue weighted by Gasteiger charge is -2.31. The van der Waals surface area contributed by atoms with Gasteiger partial charge >= 0.3 is 6.03 Å². The molecule has 1 saturated heterocycles. The highest BCUT2D eigenvalue weighted by molar-refractivity contribution is 5.74. The minimum Gasteiger partial charge on any atom is -0.508 e. The van der Waals surface area contributed by atoms with Gasteiger partial charge in [-0.15, -0.1) is 0 Å². The average molecular weight is 350 g/mol. The lowest BCUT2D eigenvalue weighted by molar-refractivity contribution is 0.0967. The van der Waals surface area contributed by atoms with Gasteiger partial charge in [0.2, 0.25) is 0 Å². The maximum Gasteiger partial charge on any atom is 0.319 e. The summed E-state index contributed by atoms with van der Waals surface area (Å²) < 4.78 is 5.49. The second-order valence-electron chi connectivity index (χ2n) is 6.71. The number of phenolic OH excluding ortho intramolecular Hbond substituents is 1. The number of aliphatic hydroxyl groups is 1. The van der Waals surface area contributed by atoms with Crippen molar-refractivity contribution < 1.29 is 19.7 Å². The molecule has 1 aromatic rings. The van der Waals surface area contributed by atoms with Crippen LogP contribution in [0.5, 0.6) is 11.5 Å². The van der Waals surface area contributed by atoms with Gasteiger partial charge in [0, 0.05) is 26.7 Å². The van der Waals surface area contributed by atoms with E-state index in [4.69, 9.17) is 4.74 Å². The smallest absolute Gasteiger partial charge is 0.319 e. The largest absolute Gasteiger partial charge is 0.508 e. The summed E-state index contributed by atoms with van der Waals surface area (Å²) in [6.07, 6.45) is 5.25. The fourth-order valence-corrected chi connectivity index (χ4v) is 2.97. The summed E-state index contributed by atoms with van der Waals surface area (Å²) in [6.45, 7) is 2.68. The Labute approximate surface area is 150 Å². The number of phenols is 1. The molecule has 25 heavy (non-hydrogen) atoms. The summed E-state index contributed by atoms with van der Waals surface area (Å²) >= 11 is 0. The van der Waals surface area contributed by atoms with Crippen molar-refractivity contribution in [2.45, 2.75) is 44.6 Å². The molecule has 1 aliphatic rings. The number of unbranched alkanes of at least 4 members (excludes halogenated alkanes) is 1. The van der Waals surface area contributed by atoms with Crippen molar-refractivity contribution in [3.05, 3.63) is 24.3 Å². The summed E-state index contributed by atoms with van der Waals surface area (Å²) in [6, 6.07) is 6.57. The number of benzene rings is 1. The molecular formula is C19H30N2O4. The van der Waals surface area contributed by atoms with E-state index in [9.17, 15) is 15.0 Å². The molecule has 0 unspecified atom stereocenters. The fourth-order valence-electron chi connectivity index (χ4n) is 2.97. The van der Waals surface area contributed by atoms with Crippen LogP contribution in [0.1, 0.15) is 38.5 Å². The van der Waals surface area contributed by atoms with Crippen molar-refractivity contribution >= 4 is 6.03 Å².